The first-order valence-electron chi connectivity index (χ1n) is 10.2. The number of hydrogen-bond donors (Lipinski definition) is 1. The summed E-state index contributed by atoms with van der Waals surface area (Å²) >= 11 is 0. The Labute approximate surface area is 263 Å². The molecular formula is C23H17N5Na2O6S2. The predicted molar refractivity (Wildman–Crippen MR) is 130 cm³/mol. The number of nitrogens with two attached hydrogens (primary N) is 1. The van der Waals surface area contributed by atoms with Gasteiger partial charge in [-0.25, -0.2) is 16.8 Å². The summed E-state index contributed by atoms with van der Waals surface area (Å²) in [6.45, 7) is 1.82. The van der Waals surface area contributed by atoms with E-state index in [1.807, 2.05) is 6.92 Å². The summed E-state index contributed by atoms with van der Waals surface area (Å²) < 4.78 is 69.4. The quantitative estimate of drug-likeness (QED) is 0.138. The largest absolute Gasteiger partial charge is 1.00 e. The Bertz CT molecular complexity index is 1780. The van der Waals surface area contributed by atoms with E-state index >= 15 is 0 Å². The van der Waals surface area contributed by atoms with Crippen LogP contribution in [0.25, 0.3) is 10.8 Å². The third-order valence-corrected chi connectivity index (χ3v) is 6.83. The van der Waals surface area contributed by atoms with E-state index in [1.165, 1.54) is 30.3 Å². The van der Waals surface area contributed by atoms with E-state index in [9.17, 15) is 25.9 Å². The fourth-order valence-electron chi connectivity index (χ4n) is 3.38. The van der Waals surface area contributed by atoms with E-state index in [1.54, 1.807) is 24.3 Å². The molecule has 4 aromatic rings. The Balaban J connectivity index is 0.00000253. The van der Waals surface area contributed by atoms with Crippen LogP contribution in [0.2, 0.25) is 0 Å². The number of azo groups is 2. The Morgan fingerprint density at radius 2 is 1.18 bits per heavy atom. The molecule has 0 amide bonds. The summed E-state index contributed by atoms with van der Waals surface area (Å²) in [6.07, 6.45) is 0. The van der Waals surface area contributed by atoms with Gasteiger partial charge in [-0.3, -0.25) is 0 Å². The number of benzene rings is 4. The standard InChI is InChI=1S/C23H19N5O6S2.2Na/c1-14-12-15(24)6-9-19(14)25-26-20-10-11-21(18-13-16(35(29,30)31)7-8-17(18)20)27-28-22-4-2-3-5-23(22)36(32,33)34;;/h2-13H,24H2,1H3,(H,29,30,31)(H,32,33,34);;/q;2*+1/p-2. The van der Waals surface area contributed by atoms with Crippen molar-refractivity contribution in [3.63, 3.8) is 0 Å². The molecule has 15 heteroatoms. The Kier molecular flexibility index (Phi) is 10.9. The second kappa shape index (κ2) is 12.9. The third kappa shape index (κ3) is 7.54. The molecule has 0 heterocycles. The van der Waals surface area contributed by atoms with Gasteiger partial charge in [-0.1, -0.05) is 18.2 Å². The van der Waals surface area contributed by atoms with Crippen LogP contribution in [0.5, 0.6) is 0 Å². The number of nitrogens with zero attached hydrogens (tertiary/aromatic N) is 4. The van der Waals surface area contributed by atoms with Crippen molar-refractivity contribution in [2.75, 3.05) is 5.73 Å². The second-order valence-electron chi connectivity index (χ2n) is 7.63. The Hall–Kier alpha value is -2.04. The fraction of sp³-hybridized carbons (Fsp3) is 0.0435. The minimum Gasteiger partial charge on any atom is -0.744 e. The van der Waals surface area contributed by atoms with Crippen LogP contribution in [-0.2, 0) is 20.2 Å². The molecule has 11 nitrogen and oxygen atoms in total. The van der Waals surface area contributed by atoms with Gasteiger partial charge in [0.25, 0.3) is 0 Å². The van der Waals surface area contributed by atoms with E-state index in [0.717, 1.165) is 23.8 Å². The maximum absolute atomic E-state index is 11.6. The van der Waals surface area contributed by atoms with Gasteiger partial charge in [0, 0.05) is 16.5 Å². The van der Waals surface area contributed by atoms with Crippen molar-refractivity contribution in [1.82, 2.24) is 0 Å². The van der Waals surface area contributed by atoms with E-state index in [0.29, 0.717) is 22.4 Å². The summed E-state index contributed by atoms with van der Waals surface area (Å²) in [6, 6.07) is 17.0. The number of nitrogen functional groups attached to an aromatic ring is 1. The zero-order valence-electron chi connectivity index (χ0n) is 20.6. The van der Waals surface area contributed by atoms with Gasteiger partial charge in [-0.15, -0.1) is 15.3 Å². The molecule has 0 saturated heterocycles. The van der Waals surface area contributed by atoms with Gasteiger partial charge in [0.1, 0.15) is 25.9 Å². The minimum atomic E-state index is -4.81. The summed E-state index contributed by atoms with van der Waals surface area (Å²) in [7, 11) is -9.60. The molecule has 0 fully saturated rings. The third-order valence-electron chi connectivity index (χ3n) is 5.12. The number of aryl methyl sites for hydroxylation is 1. The van der Waals surface area contributed by atoms with Gasteiger partial charge in [0.2, 0.25) is 0 Å². The fourth-order valence-corrected chi connectivity index (χ4v) is 4.49. The number of rotatable bonds is 6. The molecule has 0 aliphatic rings. The summed E-state index contributed by atoms with van der Waals surface area (Å²) in [4.78, 5) is -1.07. The first-order chi connectivity index (χ1) is 16.9. The number of hydrogen-bond acceptors (Lipinski definition) is 11. The molecule has 184 valence electrons. The van der Waals surface area contributed by atoms with Gasteiger partial charge in [0.05, 0.1) is 26.9 Å². The summed E-state index contributed by atoms with van der Waals surface area (Å²) in [5.41, 5.74) is 7.95. The summed E-state index contributed by atoms with van der Waals surface area (Å²) in [5.74, 6) is 0. The molecule has 0 radical (unpaired) electrons. The Morgan fingerprint density at radius 3 is 1.79 bits per heavy atom. The van der Waals surface area contributed by atoms with Crippen LogP contribution < -0.4 is 64.8 Å². The maximum Gasteiger partial charge on any atom is 1.00 e. The van der Waals surface area contributed by atoms with Gasteiger partial charge in [-0.05, 0) is 67.1 Å². The molecule has 0 unspecified atom stereocenters. The van der Waals surface area contributed by atoms with Crippen LogP contribution in [0.4, 0.5) is 28.4 Å². The number of anilines is 1. The van der Waals surface area contributed by atoms with Crippen molar-refractivity contribution in [2.24, 2.45) is 20.5 Å². The van der Waals surface area contributed by atoms with E-state index in [-0.39, 0.29) is 75.9 Å². The van der Waals surface area contributed by atoms with Crippen molar-refractivity contribution in [3.8, 4) is 0 Å². The molecule has 0 atom stereocenters. The normalized spacial score (nSPS) is 12.0. The van der Waals surface area contributed by atoms with Gasteiger partial charge in [0.15, 0.2) is 0 Å². The van der Waals surface area contributed by atoms with Gasteiger partial charge in [-0.2, -0.15) is 5.11 Å². The monoisotopic (exact) mass is 569 g/mol. The molecule has 4 aromatic carbocycles. The van der Waals surface area contributed by atoms with Crippen LogP contribution in [0, 0.1) is 6.92 Å². The van der Waals surface area contributed by atoms with Crippen molar-refractivity contribution >= 4 is 59.4 Å². The first-order valence-corrected chi connectivity index (χ1v) is 13.0. The minimum absolute atomic E-state index is 0. The number of fused-ring (bicyclic) bond motifs is 1. The average Bonchev–Trinajstić information content (AvgIpc) is 2.81. The van der Waals surface area contributed by atoms with Crippen LogP contribution in [-0.4, -0.2) is 25.9 Å². The molecular weight excluding hydrogens is 552 g/mol. The molecule has 0 aliphatic carbocycles. The van der Waals surface area contributed by atoms with Crippen molar-refractivity contribution < 1.29 is 85.1 Å². The van der Waals surface area contributed by atoms with Gasteiger partial charge < -0.3 is 14.8 Å². The molecule has 4 rings (SSSR count). The zero-order chi connectivity index (χ0) is 26.1. The average molecular weight is 570 g/mol. The van der Waals surface area contributed by atoms with Crippen LogP contribution >= 0.6 is 0 Å². The van der Waals surface area contributed by atoms with Gasteiger partial charge >= 0.3 is 59.1 Å². The first kappa shape index (κ1) is 32.2. The molecule has 0 bridgehead atoms. The van der Waals surface area contributed by atoms with Crippen LogP contribution in [0.1, 0.15) is 5.56 Å². The Morgan fingerprint density at radius 1 is 0.632 bits per heavy atom. The second-order valence-corrected chi connectivity index (χ2v) is 10.4. The van der Waals surface area contributed by atoms with Crippen molar-refractivity contribution in [1.29, 1.82) is 0 Å². The zero-order valence-corrected chi connectivity index (χ0v) is 26.2. The molecule has 0 aromatic heterocycles. The van der Waals surface area contributed by atoms with E-state index in [2.05, 4.69) is 20.5 Å². The van der Waals surface area contributed by atoms with Crippen molar-refractivity contribution in [3.05, 3.63) is 78.4 Å². The molecule has 0 aliphatic heterocycles. The van der Waals surface area contributed by atoms with Crippen LogP contribution in [0.15, 0.2) is 103 Å². The molecule has 38 heavy (non-hydrogen) atoms. The van der Waals surface area contributed by atoms with E-state index in [4.69, 9.17) is 5.73 Å². The SMILES string of the molecule is Cc1cc(N)ccc1N=Nc1ccc(N=Nc2ccccc2S(=O)(=O)[O-])c2cc(S(=O)(=O)[O-])ccc12.[Na+].[Na+]. The predicted octanol–water partition coefficient (Wildman–Crippen LogP) is -0.623. The van der Waals surface area contributed by atoms with E-state index < -0.39 is 30.0 Å². The molecule has 2 N–H and O–H groups in total. The van der Waals surface area contributed by atoms with Crippen LogP contribution in [0.3, 0.4) is 0 Å². The molecule has 0 saturated carbocycles. The topological polar surface area (TPSA) is 190 Å². The smallest absolute Gasteiger partial charge is 0.744 e. The van der Waals surface area contributed by atoms with Crippen molar-refractivity contribution in [2.45, 2.75) is 16.7 Å². The summed E-state index contributed by atoms with van der Waals surface area (Å²) in [5, 5.41) is 17.0. The maximum atomic E-state index is 11.6. The molecule has 0 spiro atoms.